The van der Waals surface area contributed by atoms with Gasteiger partial charge in [0.05, 0.1) is 12.1 Å². The maximum Gasteiger partial charge on any atom is 0.338 e. The first-order valence-electron chi connectivity index (χ1n) is 10.4. The molecule has 3 aromatic carbocycles. The summed E-state index contributed by atoms with van der Waals surface area (Å²) in [5.74, 6) is 0.468. The Morgan fingerprint density at radius 3 is 2.36 bits per heavy atom. The van der Waals surface area contributed by atoms with Crippen molar-refractivity contribution in [1.82, 2.24) is 4.90 Å². The summed E-state index contributed by atoms with van der Waals surface area (Å²) in [6.45, 7) is 2.22. The molecule has 0 unspecified atom stereocenters. The molecule has 8 heteroatoms. The summed E-state index contributed by atoms with van der Waals surface area (Å²) < 4.78 is 40.4. The number of aryl methyl sites for hydroxylation is 1. The van der Waals surface area contributed by atoms with Crippen molar-refractivity contribution in [3.63, 3.8) is 0 Å². The Morgan fingerprint density at radius 2 is 1.64 bits per heavy atom. The summed E-state index contributed by atoms with van der Waals surface area (Å²) in [5, 5.41) is 0. The number of nitrogens with zero attached hydrogens (tertiary/aromatic N) is 2. The summed E-state index contributed by atoms with van der Waals surface area (Å²) in [7, 11) is -2.04. The van der Waals surface area contributed by atoms with Crippen LogP contribution in [0.3, 0.4) is 0 Å². The van der Waals surface area contributed by atoms with Gasteiger partial charge in [-0.05, 0) is 43.3 Å². The van der Waals surface area contributed by atoms with E-state index in [0.717, 1.165) is 5.56 Å². The monoisotopic (exact) mass is 464 g/mol. The van der Waals surface area contributed by atoms with E-state index in [-0.39, 0.29) is 18.0 Å². The number of rotatable bonds is 7. The van der Waals surface area contributed by atoms with Crippen LogP contribution in [0.4, 0.5) is 0 Å². The average Bonchev–Trinajstić information content (AvgIpc) is 3.10. The maximum atomic E-state index is 12.8. The van der Waals surface area contributed by atoms with Crippen LogP contribution >= 0.6 is 0 Å². The smallest absolute Gasteiger partial charge is 0.338 e. The molecule has 0 fully saturated rings. The fraction of sp³-hybridized carbons (Fsp3) is 0.200. The molecule has 0 amide bonds. The van der Waals surface area contributed by atoms with Crippen molar-refractivity contribution in [2.24, 2.45) is 4.40 Å². The molecular weight excluding hydrogens is 440 g/mol. The molecule has 0 aliphatic carbocycles. The van der Waals surface area contributed by atoms with E-state index in [1.165, 1.54) is 6.07 Å². The van der Waals surface area contributed by atoms with E-state index in [9.17, 15) is 13.2 Å². The van der Waals surface area contributed by atoms with Gasteiger partial charge in [0.25, 0.3) is 10.0 Å². The first-order chi connectivity index (χ1) is 15.8. The fourth-order valence-corrected chi connectivity index (χ4v) is 4.75. The lowest BCUT2D eigenvalue weighted by Crippen LogP contribution is -2.39. The topological polar surface area (TPSA) is 85.3 Å². The van der Waals surface area contributed by atoms with E-state index in [2.05, 4.69) is 4.40 Å². The lowest BCUT2D eigenvalue weighted by Gasteiger charge is -2.26. The molecule has 0 spiro atoms. The lowest BCUT2D eigenvalue weighted by molar-refractivity contribution is 0.0130. The molecule has 7 nitrogen and oxygen atoms in total. The molecule has 33 heavy (non-hydrogen) atoms. The van der Waals surface area contributed by atoms with E-state index in [4.69, 9.17) is 9.47 Å². The molecule has 4 rings (SSSR count). The number of sulfonamides is 1. The minimum Gasteiger partial charge on any atom is -0.490 e. The number of para-hydroxylation sites is 1. The van der Waals surface area contributed by atoms with E-state index in [0.29, 0.717) is 22.7 Å². The van der Waals surface area contributed by atoms with Gasteiger partial charge >= 0.3 is 5.97 Å². The van der Waals surface area contributed by atoms with Gasteiger partial charge < -0.3 is 14.4 Å². The second kappa shape index (κ2) is 9.46. The maximum absolute atomic E-state index is 12.8. The van der Waals surface area contributed by atoms with Crippen LogP contribution in [-0.2, 0) is 14.8 Å². The number of likely N-dealkylation sites (N-methyl/N-ethyl adjacent to an activating group) is 1. The predicted molar refractivity (Wildman–Crippen MR) is 125 cm³/mol. The highest BCUT2D eigenvalue weighted by Crippen LogP contribution is 2.27. The highest BCUT2D eigenvalue weighted by atomic mass is 32.2. The standard InChI is InChI=1S/C25H24N2O5S/c1-18-12-14-19(15-13-18)25(28)32-21(17-31-20-8-4-3-5-9-20)16-27(2)24-22-10-6-7-11-23(22)33(29,30)26-24/h3-15,21H,16-17H2,1-2H3/t21-/m1/s1. The molecule has 3 aromatic rings. The average molecular weight is 465 g/mol. The SMILES string of the molecule is Cc1ccc(C(=O)O[C@@H](COc2ccccc2)CN(C)C2=NS(=O)(=O)c3ccccc32)cc1. The number of ether oxygens (including phenoxy) is 2. The number of benzene rings is 3. The first kappa shape index (κ1) is 22.5. The summed E-state index contributed by atoms with van der Waals surface area (Å²) in [5.41, 5.74) is 1.99. The van der Waals surface area contributed by atoms with Gasteiger partial charge in [-0.3, -0.25) is 0 Å². The molecule has 0 N–H and O–H groups in total. The third-order valence-electron chi connectivity index (χ3n) is 5.19. The first-order valence-corrected chi connectivity index (χ1v) is 11.9. The van der Waals surface area contributed by atoms with Gasteiger partial charge in [0.1, 0.15) is 17.3 Å². The van der Waals surface area contributed by atoms with E-state index < -0.39 is 22.1 Å². The van der Waals surface area contributed by atoms with Crippen LogP contribution < -0.4 is 4.74 Å². The van der Waals surface area contributed by atoms with Gasteiger partial charge in [-0.25, -0.2) is 4.79 Å². The highest BCUT2D eigenvalue weighted by molar-refractivity contribution is 7.90. The molecule has 1 heterocycles. The molecule has 0 saturated carbocycles. The van der Waals surface area contributed by atoms with E-state index >= 15 is 0 Å². The molecule has 1 aliphatic rings. The third kappa shape index (κ3) is 5.23. The van der Waals surface area contributed by atoms with Crippen molar-refractivity contribution in [3.8, 4) is 5.75 Å². The van der Waals surface area contributed by atoms with Crippen molar-refractivity contribution in [3.05, 3.63) is 95.6 Å². The van der Waals surface area contributed by atoms with Crippen molar-refractivity contribution >= 4 is 21.8 Å². The number of carbonyl (C=O) groups excluding carboxylic acids is 1. The van der Waals surface area contributed by atoms with Crippen molar-refractivity contribution in [1.29, 1.82) is 0 Å². The zero-order valence-electron chi connectivity index (χ0n) is 18.3. The highest BCUT2D eigenvalue weighted by Gasteiger charge is 2.31. The summed E-state index contributed by atoms with van der Waals surface area (Å²) in [6, 6.07) is 23.0. The second-order valence-electron chi connectivity index (χ2n) is 7.78. The van der Waals surface area contributed by atoms with Gasteiger partial charge in [-0.1, -0.05) is 48.0 Å². The summed E-state index contributed by atoms with van der Waals surface area (Å²) in [4.78, 5) is 14.6. The molecule has 0 saturated heterocycles. The normalized spacial score (nSPS) is 14.7. The van der Waals surface area contributed by atoms with Crippen molar-refractivity contribution in [2.45, 2.75) is 17.9 Å². The minimum atomic E-state index is -3.75. The quantitative estimate of drug-likeness (QED) is 0.496. The number of hydrogen-bond donors (Lipinski definition) is 0. The van der Waals surface area contributed by atoms with Crippen LogP contribution in [0.5, 0.6) is 5.75 Å². The Bertz CT molecular complexity index is 1270. The molecule has 0 bridgehead atoms. The number of carbonyl (C=O) groups is 1. The molecule has 0 radical (unpaired) electrons. The Kier molecular flexibility index (Phi) is 6.46. The zero-order chi connectivity index (χ0) is 23.4. The van der Waals surface area contributed by atoms with Crippen molar-refractivity contribution in [2.75, 3.05) is 20.2 Å². The number of esters is 1. The van der Waals surface area contributed by atoms with Gasteiger partial charge in [-0.15, -0.1) is 4.40 Å². The van der Waals surface area contributed by atoms with Crippen molar-refractivity contribution < 1.29 is 22.7 Å². The van der Waals surface area contributed by atoms with Gasteiger partial charge in [0.15, 0.2) is 11.9 Å². The van der Waals surface area contributed by atoms with Gasteiger partial charge in [0.2, 0.25) is 0 Å². The second-order valence-corrected chi connectivity index (χ2v) is 9.36. The zero-order valence-corrected chi connectivity index (χ0v) is 19.2. The Hall–Kier alpha value is -3.65. The molecule has 0 aromatic heterocycles. The van der Waals surface area contributed by atoms with Crippen LogP contribution in [-0.4, -0.2) is 51.4 Å². The van der Waals surface area contributed by atoms with Crippen LogP contribution in [0, 0.1) is 6.92 Å². The van der Waals surface area contributed by atoms with E-state index in [1.807, 2.05) is 49.4 Å². The van der Waals surface area contributed by atoms with Crippen LogP contribution in [0.25, 0.3) is 0 Å². The van der Waals surface area contributed by atoms with Crippen LogP contribution in [0.2, 0.25) is 0 Å². The molecule has 170 valence electrons. The Balaban J connectivity index is 1.53. The number of hydrogen-bond acceptors (Lipinski definition) is 6. The summed E-state index contributed by atoms with van der Waals surface area (Å²) >= 11 is 0. The minimum absolute atomic E-state index is 0.0909. The van der Waals surface area contributed by atoms with Crippen LogP contribution in [0.1, 0.15) is 21.5 Å². The Morgan fingerprint density at radius 1 is 0.970 bits per heavy atom. The molecule has 1 aliphatic heterocycles. The Labute approximate surface area is 193 Å². The molecular formula is C25H24N2O5S. The summed E-state index contributed by atoms with van der Waals surface area (Å²) in [6.07, 6.45) is -0.679. The van der Waals surface area contributed by atoms with E-state index in [1.54, 1.807) is 42.3 Å². The fourth-order valence-electron chi connectivity index (χ4n) is 3.49. The third-order valence-corrected chi connectivity index (χ3v) is 6.52. The van der Waals surface area contributed by atoms with Gasteiger partial charge in [0, 0.05) is 12.6 Å². The lowest BCUT2D eigenvalue weighted by atomic mass is 10.1. The predicted octanol–water partition coefficient (Wildman–Crippen LogP) is 3.68. The molecule has 1 atom stereocenters. The largest absolute Gasteiger partial charge is 0.490 e. The van der Waals surface area contributed by atoms with Crippen LogP contribution in [0.15, 0.2) is 88.2 Å². The van der Waals surface area contributed by atoms with Gasteiger partial charge in [-0.2, -0.15) is 8.42 Å². The number of amidine groups is 1. The number of fused-ring (bicyclic) bond motifs is 1.